The van der Waals surface area contributed by atoms with E-state index >= 15 is 0 Å². The molecular weight excluding hydrogens is 326 g/mol. The average molecular weight is 355 g/mol. The molecule has 0 spiro atoms. The Morgan fingerprint density at radius 3 is 2.77 bits per heavy atom. The molecule has 0 aliphatic heterocycles. The van der Waals surface area contributed by atoms with Crippen molar-refractivity contribution in [1.82, 2.24) is 15.1 Å². The predicted octanol–water partition coefficient (Wildman–Crippen LogP) is 3.99. The predicted molar refractivity (Wildman–Crippen MR) is 103 cm³/mol. The maximum absolute atomic E-state index is 12.7. The molecule has 1 fully saturated rings. The number of aromatic nitrogens is 2. The van der Waals surface area contributed by atoms with Crippen LogP contribution in [0.1, 0.15) is 66.6 Å². The van der Waals surface area contributed by atoms with Gasteiger partial charge in [-0.15, -0.1) is 0 Å². The molecule has 1 aromatic heterocycles. The minimum Gasteiger partial charge on any atom is -0.381 e. The van der Waals surface area contributed by atoms with Crippen LogP contribution in [0.3, 0.4) is 0 Å². The molecule has 0 unspecified atom stereocenters. The van der Waals surface area contributed by atoms with Gasteiger partial charge in [-0.3, -0.25) is 4.79 Å². The van der Waals surface area contributed by atoms with Crippen molar-refractivity contribution in [2.45, 2.75) is 51.9 Å². The molecule has 5 nitrogen and oxygen atoms in total. The molecule has 1 heterocycles. The number of benzene rings is 1. The molecule has 1 aliphatic carbocycles. The summed E-state index contributed by atoms with van der Waals surface area (Å²) in [4.78, 5) is 12.7. The summed E-state index contributed by atoms with van der Waals surface area (Å²) in [5, 5.41) is 7.56. The molecule has 3 rings (SSSR count). The lowest BCUT2D eigenvalue weighted by atomic mass is 10.1. The summed E-state index contributed by atoms with van der Waals surface area (Å²) >= 11 is 0. The van der Waals surface area contributed by atoms with Gasteiger partial charge in [0.1, 0.15) is 0 Å². The average Bonchev–Trinajstić information content (AvgIpc) is 3.39. The third-order valence-corrected chi connectivity index (χ3v) is 4.75. The number of carbonyl (C=O) groups is 1. The van der Waals surface area contributed by atoms with Gasteiger partial charge in [-0.05, 0) is 44.2 Å². The van der Waals surface area contributed by atoms with Crippen LogP contribution in [0.5, 0.6) is 0 Å². The lowest BCUT2D eigenvalue weighted by molar-refractivity contribution is 0.0939. The number of ether oxygens (including phenoxy) is 1. The number of nitrogens with one attached hydrogen (secondary N) is 1. The molecule has 26 heavy (non-hydrogen) atoms. The summed E-state index contributed by atoms with van der Waals surface area (Å²) < 4.78 is 7.50. The van der Waals surface area contributed by atoms with E-state index < -0.39 is 0 Å². The molecule has 0 bridgehead atoms. The molecule has 1 aromatic carbocycles. The minimum atomic E-state index is -0.0275. The second-order valence-electron chi connectivity index (χ2n) is 6.99. The van der Waals surface area contributed by atoms with Crippen LogP contribution in [0, 0.1) is 6.92 Å². The largest absolute Gasteiger partial charge is 0.381 e. The fourth-order valence-electron chi connectivity index (χ4n) is 3.10. The van der Waals surface area contributed by atoms with E-state index in [1.165, 1.54) is 0 Å². The van der Waals surface area contributed by atoms with Crippen molar-refractivity contribution in [2.75, 3.05) is 19.8 Å². The Bertz CT molecular complexity index is 735. The molecule has 0 radical (unpaired) electrons. The number of amides is 1. The van der Waals surface area contributed by atoms with Crippen LogP contribution in [-0.4, -0.2) is 35.4 Å². The number of hydrogen-bond donors (Lipinski definition) is 1. The van der Waals surface area contributed by atoms with Crippen LogP contribution < -0.4 is 5.32 Å². The summed E-state index contributed by atoms with van der Waals surface area (Å²) in [6, 6.07) is 8.17. The third kappa shape index (κ3) is 4.52. The third-order valence-electron chi connectivity index (χ3n) is 4.75. The molecular formula is C21H29N3O2. The number of para-hydroxylation sites is 1. The number of nitrogens with zero attached hydrogens (tertiary/aromatic N) is 2. The Labute approximate surface area is 155 Å². The van der Waals surface area contributed by atoms with Crippen LogP contribution in [-0.2, 0) is 4.74 Å². The van der Waals surface area contributed by atoms with Crippen molar-refractivity contribution in [3.05, 3.63) is 47.3 Å². The Morgan fingerprint density at radius 2 is 2.04 bits per heavy atom. The molecule has 1 amide bonds. The van der Waals surface area contributed by atoms with E-state index in [4.69, 9.17) is 4.74 Å². The van der Waals surface area contributed by atoms with Crippen LogP contribution in [0.4, 0.5) is 0 Å². The van der Waals surface area contributed by atoms with Crippen LogP contribution in [0.15, 0.2) is 30.5 Å². The highest BCUT2D eigenvalue weighted by Gasteiger charge is 2.33. The van der Waals surface area contributed by atoms with Crippen LogP contribution in [0.2, 0.25) is 0 Å². The fourth-order valence-corrected chi connectivity index (χ4v) is 3.10. The smallest absolute Gasteiger partial charge is 0.254 e. The normalized spacial score (nSPS) is 13.8. The maximum atomic E-state index is 12.7. The second kappa shape index (κ2) is 8.99. The lowest BCUT2D eigenvalue weighted by Crippen LogP contribution is -2.26. The van der Waals surface area contributed by atoms with Gasteiger partial charge in [-0.25, -0.2) is 4.68 Å². The van der Waals surface area contributed by atoms with E-state index in [2.05, 4.69) is 36.4 Å². The SMILES string of the molecule is CCCCOCCCNC(=O)c1cnn(-c2ccccc2C)c1C1CC1. The zero-order valence-corrected chi connectivity index (χ0v) is 15.8. The standard InChI is InChI=1S/C21H29N3O2/c1-3-4-13-26-14-7-12-22-21(25)18-15-23-24(20(18)17-10-11-17)19-9-6-5-8-16(19)2/h5-6,8-9,15,17H,3-4,7,10-14H2,1-2H3,(H,22,25). The first-order chi connectivity index (χ1) is 12.7. The van der Waals surface area contributed by atoms with Crippen molar-refractivity contribution >= 4 is 5.91 Å². The summed E-state index contributed by atoms with van der Waals surface area (Å²) in [7, 11) is 0. The summed E-state index contributed by atoms with van der Waals surface area (Å²) in [6.07, 6.45) is 7.04. The Morgan fingerprint density at radius 1 is 1.27 bits per heavy atom. The minimum absolute atomic E-state index is 0.0275. The number of carbonyl (C=O) groups excluding carboxylic acids is 1. The van der Waals surface area contributed by atoms with Crippen molar-refractivity contribution in [3.8, 4) is 5.69 Å². The summed E-state index contributed by atoms with van der Waals surface area (Å²) in [5.74, 6) is 0.413. The van der Waals surface area contributed by atoms with E-state index in [1.54, 1.807) is 6.20 Å². The highest BCUT2D eigenvalue weighted by molar-refractivity contribution is 5.95. The zero-order valence-electron chi connectivity index (χ0n) is 15.8. The molecule has 2 aromatic rings. The van der Waals surface area contributed by atoms with Crippen molar-refractivity contribution in [3.63, 3.8) is 0 Å². The quantitative estimate of drug-likeness (QED) is 0.656. The van der Waals surface area contributed by atoms with Crippen molar-refractivity contribution < 1.29 is 9.53 Å². The molecule has 140 valence electrons. The van der Waals surface area contributed by atoms with Crippen molar-refractivity contribution in [1.29, 1.82) is 0 Å². The number of aryl methyl sites for hydroxylation is 1. The Kier molecular flexibility index (Phi) is 6.45. The molecule has 1 N–H and O–H groups in total. The number of unbranched alkanes of at least 4 members (excludes halogenated alkanes) is 1. The van der Waals surface area contributed by atoms with Gasteiger partial charge >= 0.3 is 0 Å². The molecule has 0 atom stereocenters. The van der Waals surface area contributed by atoms with E-state index in [0.717, 1.165) is 55.7 Å². The molecule has 1 saturated carbocycles. The second-order valence-corrected chi connectivity index (χ2v) is 6.99. The Balaban J connectivity index is 1.63. The fraction of sp³-hybridized carbons (Fsp3) is 0.524. The van der Waals surface area contributed by atoms with Crippen LogP contribution >= 0.6 is 0 Å². The zero-order chi connectivity index (χ0) is 18.4. The van der Waals surface area contributed by atoms with E-state index in [0.29, 0.717) is 24.6 Å². The monoisotopic (exact) mass is 355 g/mol. The van der Waals surface area contributed by atoms with Gasteiger partial charge in [-0.2, -0.15) is 5.10 Å². The van der Waals surface area contributed by atoms with Crippen LogP contribution in [0.25, 0.3) is 5.69 Å². The Hall–Kier alpha value is -2.14. The molecule has 1 aliphatic rings. The van der Waals surface area contributed by atoms with Gasteiger partial charge in [0.05, 0.1) is 23.1 Å². The first-order valence-electron chi connectivity index (χ1n) is 9.72. The topological polar surface area (TPSA) is 56.1 Å². The summed E-state index contributed by atoms with van der Waals surface area (Å²) in [5.41, 5.74) is 3.98. The van der Waals surface area contributed by atoms with Gasteiger partial charge < -0.3 is 10.1 Å². The van der Waals surface area contributed by atoms with Crippen molar-refractivity contribution in [2.24, 2.45) is 0 Å². The first-order valence-corrected chi connectivity index (χ1v) is 9.72. The highest BCUT2D eigenvalue weighted by atomic mass is 16.5. The first kappa shape index (κ1) is 18.6. The number of rotatable bonds is 10. The van der Waals surface area contributed by atoms with Gasteiger partial charge in [0.15, 0.2) is 0 Å². The molecule has 5 heteroatoms. The van der Waals surface area contributed by atoms with E-state index in [9.17, 15) is 4.79 Å². The van der Waals surface area contributed by atoms with E-state index in [-0.39, 0.29) is 5.91 Å². The van der Waals surface area contributed by atoms with Gasteiger partial charge in [-0.1, -0.05) is 31.5 Å². The van der Waals surface area contributed by atoms with Gasteiger partial charge in [0.25, 0.3) is 5.91 Å². The molecule has 0 saturated heterocycles. The lowest BCUT2D eigenvalue weighted by Gasteiger charge is -2.11. The maximum Gasteiger partial charge on any atom is 0.254 e. The van der Waals surface area contributed by atoms with Gasteiger partial charge in [0, 0.05) is 25.7 Å². The number of hydrogen-bond acceptors (Lipinski definition) is 3. The summed E-state index contributed by atoms with van der Waals surface area (Å²) in [6.45, 7) is 6.35. The highest BCUT2D eigenvalue weighted by Crippen LogP contribution is 2.42. The van der Waals surface area contributed by atoms with Gasteiger partial charge in [0.2, 0.25) is 0 Å². The van der Waals surface area contributed by atoms with E-state index in [1.807, 2.05) is 16.8 Å².